The third kappa shape index (κ3) is 4.27. The lowest BCUT2D eigenvalue weighted by molar-refractivity contribution is -0.133. The third-order valence-electron chi connectivity index (χ3n) is 7.04. The van der Waals surface area contributed by atoms with Crippen LogP contribution in [0.2, 0.25) is 0 Å². The molecule has 34 heavy (non-hydrogen) atoms. The summed E-state index contributed by atoms with van der Waals surface area (Å²) in [6.07, 6.45) is 0. The maximum Gasteiger partial charge on any atom is 0.323 e. The van der Waals surface area contributed by atoms with Crippen molar-refractivity contribution in [3.8, 4) is 5.75 Å². The van der Waals surface area contributed by atoms with Gasteiger partial charge in [-0.1, -0.05) is 71.9 Å². The van der Waals surface area contributed by atoms with Gasteiger partial charge in [-0.05, 0) is 76.4 Å². The van der Waals surface area contributed by atoms with E-state index in [1.54, 1.807) is 0 Å². The smallest absolute Gasteiger partial charge is 0.323 e. The summed E-state index contributed by atoms with van der Waals surface area (Å²) in [5.41, 5.74) is 7.95. The SMILES string of the molecule is CCOCc1c(C)cc(C2C(=O)Oc3c2cc(C(C)(C)C)c2cc(C(C)(C)C)ccc32)cc1C. The monoisotopic (exact) mass is 458 g/mol. The number of hydrogen-bond acceptors (Lipinski definition) is 3. The summed E-state index contributed by atoms with van der Waals surface area (Å²) in [7, 11) is 0. The van der Waals surface area contributed by atoms with Crippen molar-refractivity contribution in [1.29, 1.82) is 0 Å². The molecule has 3 aromatic rings. The lowest BCUT2D eigenvalue weighted by atomic mass is 9.78. The van der Waals surface area contributed by atoms with E-state index in [4.69, 9.17) is 9.47 Å². The molecule has 1 aliphatic rings. The van der Waals surface area contributed by atoms with Gasteiger partial charge in [-0.3, -0.25) is 4.79 Å². The predicted molar refractivity (Wildman–Crippen MR) is 140 cm³/mol. The van der Waals surface area contributed by atoms with E-state index in [2.05, 4.69) is 91.8 Å². The number of fused-ring (bicyclic) bond motifs is 3. The molecule has 0 aliphatic carbocycles. The Kier molecular flexibility index (Phi) is 6.14. The fraction of sp³-hybridized carbons (Fsp3) is 0.452. The molecule has 0 N–H and O–H groups in total. The first-order chi connectivity index (χ1) is 15.8. The molecular weight excluding hydrogens is 420 g/mol. The fourth-order valence-corrected chi connectivity index (χ4v) is 5.06. The first-order valence-corrected chi connectivity index (χ1v) is 12.3. The third-order valence-corrected chi connectivity index (χ3v) is 7.04. The van der Waals surface area contributed by atoms with Crippen molar-refractivity contribution in [2.24, 2.45) is 0 Å². The molecule has 0 spiro atoms. The highest BCUT2D eigenvalue weighted by atomic mass is 16.5. The second-order valence-electron chi connectivity index (χ2n) is 11.7. The number of carbonyl (C=O) groups excluding carboxylic acids is 1. The molecule has 3 heteroatoms. The minimum Gasteiger partial charge on any atom is -0.425 e. The standard InChI is InChI=1S/C31H38O3/c1-10-33-17-25-18(2)13-20(14-19(25)3)27-24-16-26(31(7,8)9)23-15-21(30(4,5)6)11-12-22(23)28(24)34-29(27)32/h11-16,27H,10,17H2,1-9H3. The van der Waals surface area contributed by atoms with E-state index >= 15 is 0 Å². The Bertz CT molecular complexity index is 1250. The van der Waals surface area contributed by atoms with E-state index in [9.17, 15) is 4.79 Å². The molecule has 1 atom stereocenters. The topological polar surface area (TPSA) is 35.5 Å². The van der Waals surface area contributed by atoms with Crippen LogP contribution in [0.3, 0.4) is 0 Å². The molecule has 0 saturated carbocycles. The van der Waals surface area contributed by atoms with Crippen LogP contribution in [-0.2, 0) is 27.0 Å². The van der Waals surface area contributed by atoms with E-state index in [-0.39, 0.29) is 16.8 Å². The Morgan fingerprint density at radius 3 is 2.09 bits per heavy atom. The molecule has 0 bridgehead atoms. The first kappa shape index (κ1) is 24.5. The average Bonchev–Trinajstić information content (AvgIpc) is 3.06. The maximum atomic E-state index is 13.3. The van der Waals surface area contributed by atoms with E-state index in [1.165, 1.54) is 22.1 Å². The van der Waals surface area contributed by atoms with E-state index in [0.29, 0.717) is 19.0 Å². The van der Waals surface area contributed by atoms with Crippen LogP contribution in [0.4, 0.5) is 0 Å². The quantitative estimate of drug-likeness (QED) is 0.298. The van der Waals surface area contributed by atoms with E-state index < -0.39 is 5.92 Å². The highest BCUT2D eigenvalue weighted by Crippen LogP contribution is 2.48. The number of aryl methyl sites for hydroxylation is 2. The van der Waals surface area contributed by atoms with Gasteiger partial charge in [0.2, 0.25) is 0 Å². The molecule has 3 nitrogen and oxygen atoms in total. The minimum atomic E-state index is -0.415. The van der Waals surface area contributed by atoms with Gasteiger partial charge < -0.3 is 9.47 Å². The zero-order valence-corrected chi connectivity index (χ0v) is 22.2. The molecule has 1 heterocycles. The summed E-state index contributed by atoms with van der Waals surface area (Å²) in [4.78, 5) is 13.3. The van der Waals surface area contributed by atoms with Gasteiger partial charge in [-0.2, -0.15) is 0 Å². The van der Waals surface area contributed by atoms with Crippen LogP contribution in [0.1, 0.15) is 93.3 Å². The van der Waals surface area contributed by atoms with Gasteiger partial charge in [0.05, 0.1) is 6.61 Å². The lowest BCUT2D eigenvalue weighted by Gasteiger charge is -2.26. The Balaban J connectivity index is 1.93. The van der Waals surface area contributed by atoms with Crippen molar-refractivity contribution in [3.05, 3.63) is 75.3 Å². The molecule has 3 aromatic carbocycles. The Morgan fingerprint density at radius 2 is 1.53 bits per heavy atom. The Labute approximate surface area is 204 Å². The van der Waals surface area contributed by atoms with Crippen LogP contribution in [0, 0.1) is 13.8 Å². The number of ether oxygens (including phenoxy) is 2. The summed E-state index contributed by atoms with van der Waals surface area (Å²) in [6.45, 7) is 20.9. The largest absolute Gasteiger partial charge is 0.425 e. The summed E-state index contributed by atoms with van der Waals surface area (Å²) in [5.74, 6) is 0.104. The van der Waals surface area contributed by atoms with Crippen LogP contribution >= 0.6 is 0 Å². The molecule has 0 saturated heterocycles. The molecule has 0 aromatic heterocycles. The molecule has 0 radical (unpaired) electrons. The summed E-state index contributed by atoms with van der Waals surface area (Å²) in [5, 5.41) is 2.19. The zero-order valence-electron chi connectivity index (χ0n) is 22.2. The highest BCUT2D eigenvalue weighted by Gasteiger charge is 2.38. The number of esters is 1. The fourth-order valence-electron chi connectivity index (χ4n) is 5.06. The van der Waals surface area contributed by atoms with Crippen LogP contribution < -0.4 is 4.74 Å². The van der Waals surface area contributed by atoms with Crippen molar-refractivity contribution in [2.45, 2.75) is 85.7 Å². The predicted octanol–water partition coefficient (Wildman–Crippen LogP) is 7.64. The molecule has 1 unspecified atom stereocenters. The summed E-state index contributed by atoms with van der Waals surface area (Å²) < 4.78 is 11.7. The van der Waals surface area contributed by atoms with Gasteiger partial charge >= 0.3 is 5.97 Å². The van der Waals surface area contributed by atoms with Crippen molar-refractivity contribution >= 4 is 16.7 Å². The van der Waals surface area contributed by atoms with Gasteiger partial charge in [0.25, 0.3) is 0 Å². The van der Waals surface area contributed by atoms with Crippen molar-refractivity contribution < 1.29 is 14.3 Å². The molecule has 0 amide bonds. The maximum absolute atomic E-state index is 13.3. The first-order valence-electron chi connectivity index (χ1n) is 12.3. The van der Waals surface area contributed by atoms with E-state index in [0.717, 1.165) is 27.6 Å². The summed E-state index contributed by atoms with van der Waals surface area (Å²) >= 11 is 0. The molecule has 180 valence electrons. The minimum absolute atomic E-state index is 0.0415. The van der Waals surface area contributed by atoms with Crippen LogP contribution in [0.5, 0.6) is 5.75 Å². The van der Waals surface area contributed by atoms with Gasteiger partial charge in [-0.15, -0.1) is 0 Å². The van der Waals surface area contributed by atoms with Crippen LogP contribution in [0.15, 0.2) is 36.4 Å². The second kappa shape index (κ2) is 8.53. The number of rotatable bonds is 4. The zero-order chi connectivity index (χ0) is 25.0. The summed E-state index contributed by atoms with van der Waals surface area (Å²) in [6, 6.07) is 13.1. The van der Waals surface area contributed by atoms with Crippen molar-refractivity contribution in [3.63, 3.8) is 0 Å². The van der Waals surface area contributed by atoms with Gasteiger partial charge in [-0.25, -0.2) is 0 Å². The molecule has 4 rings (SSSR count). The average molecular weight is 459 g/mol. The molecule has 0 fully saturated rings. The molecular formula is C31H38O3. The van der Waals surface area contributed by atoms with Gasteiger partial charge in [0, 0.05) is 17.6 Å². The van der Waals surface area contributed by atoms with Crippen LogP contribution in [-0.4, -0.2) is 12.6 Å². The number of hydrogen-bond donors (Lipinski definition) is 0. The van der Waals surface area contributed by atoms with Gasteiger partial charge in [0.15, 0.2) is 0 Å². The number of carbonyl (C=O) groups is 1. The van der Waals surface area contributed by atoms with Crippen molar-refractivity contribution in [2.75, 3.05) is 6.61 Å². The Hall–Kier alpha value is -2.65. The van der Waals surface area contributed by atoms with Crippen molar-refractivity contribution in [1.82, 2.24) is 0 Å². The second-order valence-corrected chi connectivity index (χ2v) is 11.7. The lowest BCUT2D eigenvalue weighted by Crippen LogP contribution is -2.15. The van der Waals surface area contributed by atoms with Gasteiger partial charge in [0.1, 0.15) is 11.7 Å². The molecule has 1 aliphatic heterocycles. The number of benzene rings is 3. The highest BCUT2D eigenvalue weighted by molar-refractivity contribution is 6.01. The Morgan fingerprint density at radius 1 is 0.882 bits per heavy atom. The van der Waals surface area contributed by atoms with Crippen LogP contribution in [0.25, 0.3) is 10.8 Å². The normalized spacial score (nSPS) is 16.1. The van der Waals surface area contributed by atoms with E-state index in [1.807, 2.05) is 6.92 Å².